The van der Waals surface area contributed by atoms with Crippen LogP contribution in [-0.2, 0) is 11.3 Å². The van der Waals surface area contributed by atoms with Gasteiger partial charge >= 0.3 is 0 Å². The number of morpholine rings is 1. The molecule has 1 saturated heterocycles. The van der Waals surface area contributed by atoms with Gasteiger partial charge in [-0.3, -0.25) is 14.4 Å². The summed E-state index contributed by atoms with van der Waals surface area (Å²) >= 11 is 6.33. The lowest BCUT2D eigenvalue weighted by atomic mass is 9.79. The van der Waals surface area contributed by atoms with Crippen LogP contribution in [0.2, 0.25) is 5.02 Å². The Bertz CT molecular complexity index is 914. The minimum Gasteiger partial charge on any atom is -0.379 e. The highest BCUT2D eigenvalue weighted by Crippen LogP contribution is 2.34. The van der Waals surface area contributed by atoms with Gasteiger partial charge in [-0.25, -0.2) is 0 Å². The summed E-state index contributed by atoms with van der Waals surface area (Å²) in [6.45, 7) is 8.56. The summed E-state index contributed by atoms with van der Waals surface area (Å²) < 4.78 is 7.45. The van der Waals surface area contributed by atoms with Gasteiger partial charge in [-0.05, 0) is 38.3 Å². The molecule has 2 aromatic rings. The highest BCUT2D eigenvalue weighted by atomic mass is 35.5. The van der Waals surface area contributed by atoms with Crippen LogP contribution in [0.15, 0.2) is 24.3 Å². The monoisotopic (exact) mass is 444 g/mol. The van der Waals surface area contributed by atoms with Crippen LogP contribution in [0, 0.1) is 13.8 Å². The van der Waals surface area contributed by atoms with E-state index in [0.717, 1.165) is 56.1 Å². The average molecular weight is 445 g/mol. The zero-order valence-corrected chi connectivity index (χ0v) is 19.4. The van der Waals surface area contributed by atoms with E-state index in [1.807, 2.05) is 42.8 Å². The largest absolute Gasteiger partial charge is 0.379 e. The molecule has 1 aromatic carbocycles. The molecule has 2 fully saturated rings. The Hall–Kier alpha value is -1.89. The molecule has 31 heavy (non-hydrogen) atoms. The van der Waals surface area contributed by atoms with E-state index in [4.69, 9.17) is 16.3 Å². The molecule has 4 rings (SSSR count). The minimum absolute atomic E-state index is 0.0291. The molecule has 1 saturated carbocycles. The topological polar surface area (TPSA) is 59.4 Å². The number of carbonyl (C=O) groups excluding carboxylic acids is 1. The lowest BCUT2D eigenvalue weighted by molar-refractivity contribution is -0.0361. The first-order valence-corrected chi connectivity index (χ1v) is 11.8. The summed E-state index contributed by atoms with van der Waals surface area (Å²) in [6, 6.07) is 7.76. The number of aryl methyl sites for hydroxylation is 1. The summed E-state index contributed by atoms with van der Waals surface area (Å²) in [5.41, 5.74) is 3.35. The van der Waals surface area contributed by atoms with Gasteiger partial charge in [0.15, 0.2) is 0 Å². The second-order valence-electron chi connectivity index (χ2n) is 8.86. The Balaban J connectivity index is 1.49. The van der Waals surface area contributed by atoms with Gasteiger partial charge < -0.3 is 10.1 Å². The Morgan fingerprint density at radius 2 is 1.87 bits per heavy atom. The van der Waals surface area contributed by atoms with E-state index >= 15 is 0 Å². The molecular weight excluding hydrogens is 412 g/mol. The highest BCUT2D eigenvalue weighted by Gasteiger charge is 2.39. The number of hydrogen-bond acceptors (Lipinski definition) is 4. The molecule has 7 heteroatoms. The third kappa shape index (κ3) is 4.81. The van der Waals surface area contributed by atoms with E-state index in [0.29, 0.717) is 23.7 Å². The van der Waals surface area contributed by atoms with E-state index < -0.39 is 0 Å². The van der Waals surface area contributed by atoms with Gasteiger partial charge in [-0.15, -0.1) is 0 Å². The van der Waals surface area contributed by atoms with Crippen LogP contribution in [0.3, 0.4) is 0 Å². The van der Waals surface area contributed by atoms with Gasteiger partial charge in [-0.1, -0.05) is 49.1 Å². The van der Waals surface area contributed by atoms with Crippen molar-refractivity contribution in [3.8, 4) is 0 Å². The number of benzene rings is 1. The van der Waals surface area contributed by atoms with Gasteiger partial charge in [-0.2, -0.15) is 5.10 Å². The van der Waals surface area contributed by atoms with Crippen LogP contribution in [0.25, 0.3) is 0 Å². The summed E-state index contributed by atoms with van der Waals surface area (Å²) in [7, 11) is 0. The molecule has 1 amide bonds. The molecule has 0 bridgehead atoms. The van der Waals surface area contributed by atoms with Gasteiger partial charge in [0.05, 0.1) is 31.0 Å². The summed E-state index contributed by atoms with van der Waals surface area (Å²) in [5, 5.41) is 8.63. The molecule has 1 aliphatic heterocycles. The van der Waals surface area contributed by atoms with Crippen LogP contribution in [0.4, 0.5) is 0 Å². The Kier molecular flexibility index (Phi) is 6.99. The van der Waals surface area contributed by atoms with Crippen molar-refractivity contribution in [2.24, 2.45) is 0 Å². The summed E-state index contributed by atoms with van der Waals surface area (Å²) in [6.07, 6.45) is 6.00. The number of aromatic nitrogens is 2. The van der Waals surface area contributed by atoms with Crippen LogP contribution >= 0.6 is 11.6 Å². The minimum atomic E-state index is -0.0291. The molecule has 1 aliphatic carbocycles. The normalized spacial score (nSPS) is 19.3. The van der Waals surface area contributed by atoms with Crippen molar-refractivity contribution in [2.45, 2.75) is 58.0 Å². The lowest BCUT2D eigenvalue weighted by Crippen LogP contribution is -2.59. The zero-order chi connectivity index (χ0) is 21.8. The number of hydrogen-bond donors (Lipinski definition) is 1. The molecule has 0 unspecified atom stereocenters. The molecule has 168 valence electrons. The van der Waals surface area contributed by atoms with Crippen molar-refractivity contribution in [3.63, 3.8) is 0 Å². The maximum absolute atomic E-state index is 13.3. The number of rotatable bonds is 6. The van der Waals surface area contributed by atoms with Crippen molar-refractivity contribution in [1.29, 1.82) is 0 Å². The predicted octanol–water partition coefficient (Wildman–Crippen LogP) is 3.97. The summed E-state index contributed by atoms with van der Waals surface area (Å²) in [4.78, 5) is 15.8. The van der Waals surface area contributed by atoms with Crippen molar-refractivity contribution >= 4 is 17.5 Å². The fourth-order valence-electron chi connectivity index (χ4n) is 5.15. The van der Waals surface area contributed by atoms with Gasteiger partial charge in [0.1, 0.15) is 0 Å². The quantitative estimate of drug-likeness (QED) is 0.732. The van der Waals surface area contributed by atoms with Crippen LogP contribution < -0.4 is 5.32 Å². The average Bonchev–Trinajstić information content (AvgIpc) is 3.08. The molecule has 2 aliphatic rings. The Labute approximate surface area is 189 Å². The summed E-state index contributed by atoms with van der Waals surface area (Å²) in [5.74, 6) is -0.0291. The lowest BCUT2D eigenvalue weighted by Gasteiger charge is -2.48. The molecule has 0 radical (unpaired) electrons. The van der Waals surface area contributed by atoms with Crippen molar-refractivity contribution in [2.75, 3.05) is 32.8 Å². The molecular formula is C24H33ClN4O2. The van der Waals surface area contributed by atoms with E-state index in [1.165, 1.54) is 19.3 Å². The molecule has 0 spiro atoms. The van der Waals surface area contributed by atoms with Crippen LogP contribution in [0.1, 0.15) is 59.4 Å². The third-order valence-electron chi connectivity index (χ3n) is 6.93. The van der Waals surface area contributed by atoms with Gasteiger partial charge in [0.25, 0.3) is 5.91 Å². The zero-order valence-electron chi connectivity index (χ0n) is 18.6. The number of amides is 1. The number of nitrogens with one attached hydrogen (secondary N) is 1. The maximum Gasteiger partial charge on any atom is 0.255 e. The first kappa shape index (κ1) is 22.3. The van der Waals surface area contributed by atoms with Gasteiger partial charge in [0.2, 0.25) is 0 Å². The number of carbonyl (C=O) groups is 1. The van der Waals surface area contributed by atoms with E-state index in [1.54, 1.807) is 0 Å². The number of halogens is 1. The second kappa shape index (κ2) is 9.72. The first-order valence-electron chi connectivity index (χ1n) is 11.4. The molecule has 6 nitrogen and oxygen atoms in total. The molecule has 1 N–H and O–H groups in total. The van der Waals surface area contributed by atoms with Crippen molar-refractivity contribution in [3.05, 3.63) is 51.8 Å². The fourth-order valence-corrected chi connectivity index (χ4v) is 5.35. The standard InChI is InChI=1S/C24H33ClN4O2/c1-18-22(19(2)29(27-18)16-20-8-4-5-9-21(20)25)23(30)26-17-24(10-6-3-7-11-24)28-12-14-31-15-13-28/h4-5,8-9H,3,6-7,10-17H2,1-2H3,(H,26,30). The third-order valence-corrected chi connectivity index (χ3v) is 7.30. The molecule has 1 aromatic heterocycles. The SMILES string of the molecule is Cc1nn(Cc2ccccc2Cl)c(C)c1C(=O)NCC1(N2CCOCC2)CCCCC1. The molecule has 0 atom stereocenters. The second-order valence-corrected chi connectivity index (χ2v) is 9.27. The van der Waals surface area contributed by atoms with E-state index in [2.05, 4.69) is 15.3 Å². The number of ether oxygens (including phenoxy) is 1. The van der Waals surface area contributed by atoms with E-state index in [9.17, 15) is 4.79 Å². The highest BCUT2D eigenvalue weighted by molar-refractivity contribution is 6.31. The van der Waals surface area contributed by atoms with Crippen LogP contribution in [-0.4, -0.2) is 59.0 Å². The fraction of sp³-hybridized carbons (Fsp3) is 0.583. The smallest absolute Gasteiger partial charge is 0.255 e. The predicted molar refractivity (Wildman–Crippen MR) is 123 cm³/mol. The Morgan fingerprint density at radius 3 is 2.58 bits per heavy atom. The van der Waals surface area contributed by atoms with E-state index in [-0.39, 0.29) is 11.4 Å². The first-order chi connectivity index (χ1) is 15.0. The van der Waals surface area contributed by atoms with Crippen molar-refractivity contribution < 1.29 is 9.53 Å². The van der Waals surface area contributed by atoms with Gasteiger partial charge in [0, 0.05) is 35.9 Å². The van der Waals surface area contributed by atoms with Crippen molar-refractivity contribution in [1.82, 2.24) is 20.0 Å². The van der Waals surface area contributed by atoms with Crippen LogP contribution in [0.5, 0.6) is 0 Å². The molecule has 2 heterocycles. The number of nitrogens with zero attached hydrogens (tertiary/aromatic N) is 3. The maximum atomic E-state index is 13.3. The Morgan fingerprint density at radius 1 is 1.16 bits per heavy atom.